The number of rotatable bonds is 8. The Hall–Kier alpha value is -11.7. The number of hydrogen-bond donors (Lipinski definition) is 4. The molecule has 128 heavy (non-hydrogen) atoms. The van der Waals surface area contributed by atoms with E-state index in [2.05, 4.69) is 160 Å². The van der Waals surface area contributed by atoms with Crippen molar-refractivity contribution in [2.24, 2.45) is 44.9 Å². The van der Waals surface area contributed by atoms with Crippen LogP contribution in [0.3, 0.4) is 0 Å². The molecule has 0 atom stereocenters. The number of aliphatic imine (C=N–C) groups is 9. The summed E-state index contributed by atoms with van der Waals surface area (Å²) in [4.78, 5) is 48.3. The number of nitrogens with two attached hydrogens (primary N) is 2. The lowest BCUT2D eigenvalue weighted by atomic mass is 9.90. The van der Waals surface area contributed by atoms with Gasteiger partial charge in [0, 0.05) is 170 Å². The van der Waals surface area contributed by atoms with Crippen LogP contribution in [0.5, 0.6) is 0 Å². The van der Waals surface area contributed by atoms with E-state index < -0.39 is 17.8 Å². The first-order valence-electron chi connectivity index (χ1n) is 41.3. The number of hydrogen-bond acceptors (Lipinski definition) is 15. The lowest BCUT2D eigenvalue weighted by Gasteiger charge is -2.17. The van der Waals surface area contributed by atoms with Crippen LogP contribution >= 0.6 is 81.2 Å². The standard InChI is InChI=1S/C16H14ClNO.C14H13ClN2.C13H12ClN3.C13H11ClN2O.2C12H12ClN.C11H10ClFN2.C11H10F2N2/c1-9-5-11-3-4-12(8-13(11)15(19)6-9)14-7-10(2)18-16(14)17;1-8-5-13(14(15)17-8)10-3-4-11-7-16-9(2)12(11)6-10;1-7-4-10(13(14)17-7)8-2-3-9-11(15)6-16-12(9)5-8;1-7-4-10(13(14)16-7)8-2-3-9-11(15)6-17-12(9)5-8;2*1-8-3-5-10(6-4-8)11-7-9(2)14-12(11)13;2*1-6-5-9(15-10(6)12)8-4-3-7(2)14-11(8)13/h3-4,6,8,19H,1,5,7H2,2H3;3-4,6H,5,7H2,1-2H3;2-3,5-6,16H,4,15H2,1H3;2-3,5-6H,4,15H2,1H3;2*3-6H,7H2,1-2H3;2*3-4H,5H2,1-2H3. The monoisotopic (exact) mass is 1850 g/mol. The summed E-state index contributed by atoms with van der Waals surface area (Å²) in [6.07, 6.45) is 11.8. The summed E-state index contributed by atoms with van der Waals surface area (Å²) in [5.41, 5.74) is 48.1. The molecule has 26 heteroatoms. The van der Waals surface area contributed by atoms with Crippen molar-refractivity contribution in [3.05, 3.63) is 331 Å². The number of benzene rings is 6. The first-order chi connectivity index (χ1) is 61.0. The molecule has 10 aliphatic rings. The Bertz CT molecular complexity index is 6520. The number of nitrogens with zero attached hydrogens (tertiary/aromatic N) is 11. The van der Waals surface area contributed by atoms with Crippen molar-refractivity contribution >= 4 is 205 Å². The topological polar surface area (TPSA) is 238 Å². The molecule has 0 amide bonds. The third kappa shape index (κ3) is 22.9. The zero-order valence-electron chi connectivity index (χ0n) is 73.1. The van der Waals surface area contributed by atoms with Crippen molar-refractivity contribution in [3.8, 4) is 0 Å². The van der Waals surface area contributed by atoms with Crippen molar-refractivity contribution in [2.75, 3.05) is 11.5 Å². The Labute approximate surface area is 778 Å². The third-order valence-electron chi connectivity index (χ3n) is 22.1. The van der Waals surface area contributed by atoms with E-state index in [4.69, 9.17) is 97.1 Å². The molecule has 654 valence electrons. The minimum Gasteiger partial charge on any atom is -0.507 e. The van der Waals surface area contributed by atoms with Gasteiger partial charge in [-0.3, -0.25) is 4.99 Å². The van der Waals surface area contributed by atoms with Crippen molar-refractivity contribution in [3.63, 3.8) is 0 Å². The van der Waals surface area contributed by atoms with Gasteiger partial charge >= 0.3 is 0 Å². The number of aryl methyl sites for hydroxylation is 4. The van der Waals surface area contributed by atoms with E-state index in [0.29, 0.717) is 88.6 Å². The number of fused-ring (bicyclic) bond motifs is 4. The highest BCUT2D eigenvalue weighted by Crippen LogP contribution is 2.41. The van der Waals surface area contributed by atoms with Crippen LogP contribution in [0.15, 0.2) is 279 Å². The second-order valence-corrected chi connectivity index (χ2v) is 35.1. The van der Waals surface area contributed by atoms with Crippen LogP contribution in [-0.4, -0.2) is 71.5 Å². The van der Waals surface area contributed by atoms with E-state index in [-0.39, 0.29) is 11.3 Å². The number of furan rings is 1. The van der Waals surface area contributed by atoms with Gasteiger partial charge in [-0.2, -0.15) is 13.2 Å². The van der Waals surface area contributed by atoms with Gasteiger partial charge in [0.2, 0.25) is 17.8 Å². The van der Waals surface area contributed by atoms with Gasteiger partial charge in [0.15, 0.2) is 0 Å². The predicted molar refractivity (Wildman–Crippen MR) is 533 cm³/mol. The molecule has 0 saturated heterocycles. The highest BCUT2D eigenvalue weighted by Gasteiger charge is 2.26. The molecule has 0 fully saturated rings. The number of halogens is 10. The predicted octanol–water partition coefficient (Wildman–Crippen LogP) is 29.2. The normalized spacial score (nSPS) is 16.6. The van der Waals surface area contributed by atoms with Gasteiger partial charge < -0.3 is 26.0 Å². The van der Waals surface area contributed by atoms with Crippen LogP contribution in [0.2, 0.25) is 0 Å². The van der Waals surface area contributed by atoms with Crippen molar-refractivity contribution in [1.29, 1.82) is 0 Å². The van der Waals surface area contributed by atoms with Gasteiger partial charge in [-0.1, -0.05) is 190 Å². The highest BCUT2D eigenvalue weighted by atomic mass is 35.5. The van der Waals surface area contributed by atoms with Crippen LogP contribution < -0.4 is 11.5 Å². The van der Waals surface area contributed by atoms with Gasteiger partial charge in [-0.05, 0) is 218 Å². The molecule has 20 rings (SSSR count). The van der Waals surface area contributed by atoms with E-state index in [9.17, 15) is 18.3 Å². The molecule has 0 bridgehead atoms. The number of aliphatic hydroxyl groups is 1. The summed E-state index contributed by atoms with van der Waals surface area (Å²) in [7, 11) is 0. The molecule has 6 N–H and O–H groups in total. The van der Waals surface area contributed by atoms with Crippen LogP contribution in [0, 0.1) is 39.6 Å². The fourth-order valence-electron chi connectivity index (χ4n) is 15.2. The van der Waals surface area contributed by atoms with Gasteiger partial charge in [0.05, 0.1) is 40.5 Å². The second kappa shape index (κ2) is 41.2. The average molecular weight is 1850 g/mol. The number of nitrogen functional groups attached to an aromatic ring is 2. The van der Waals surface area contributed by atoms with Crippen LogP contribution in [0.1, 0.15) is 203 Å². The first-order valence-corrected chi connectivity index (χ1v) is 44.0. The van der Waals surface area contributed by atoms with Gasteiger partial charge in [0.1, 0.15) is 53.7 Å². The molecule has 0 spiro atoms. The Morgan fingerprint density at radius 1 is 0.383 bits per heavy atom. The van der Waals surface area contributed by atoms with E-state index in [0.717, 1.165) is 191 Å². The smallest absolute Gasteiger partial charge is 0.222 e. The van der Waals surface area contributed by atoms with Crippen LogP contribution in [-0.2, 0) is 13.0 Å². The number of allylic oxidation sites excluding steroid dienone is 10. The summed E-state index contributed by atoms with van der Waals surface area (Å²) in [5, 5.41) is 16.1. The molecule has 10 aromatic rings. The van der Waals surface area contributed by atoms with Crippen LogP contribution in [0.4, 0.5) is 24.5 Å². The largest absolute Gasteiger partial charge is 0.507 e. The number of anilines is 2. The molecule has 6 aromatic carbocycles. The van der Waals surface area contributed by atoms with Crippen molar-refractivity contribution in [1.82, 2.24) is 15.0 Å². The average Bonchev–Trinajstić information content (AvgIpc) is 1.65. The summed E-state index contributed by atoms with van der Waals surface area (Å²) in [6.45, 7) is 29.9. The van der Waals surface area contributed by atoms with E-state index >= 15 is 0 Å². The van der Waals surface area contributed by atoms with E-state index in [1.54, 1.807) is 63.6 Å². The van der Waals surface area contributed by atoms with Crippen LogP contribution in [0.25, 0.3) is 61.1 Å². The number of aliphatic hydroxyl groups excluding tert-OH is 1. The lowest BCUT2D eigenvalue weighted by molar-refractivity contribution is 0.508. The maximum Gasteiger partial charge on any atom is 0.222 e. The fraction of sp³-hybridized carbons (Fsp3) is 0.225. The number of nitrogens with one attached hydrogen (secondary N) is 1. The Balaban J connectivity index is 0.000000125. The van der Waals surface area contributed by atoms with Crippen molar-refractivity contribution < 1.29 is 22.7 Å². The maximum absolute atomic E-state index is 13.5. The molecule has 0 radical (unpaired) electrons. The molecule has 0 unspecified atom stereocenters. The molecule has 16 nitrogen and oxygen atoms in total. The Kier molecular flexibility index (Phi) is 30.2. The summed E-state index contributed by atoms with van der Waals surface area (Å²) in [6, 6.07) is 48.1. The maximum atomic E-state index is 13.5. The van der Waals surface area contributed by atoms with Gasteiger partial charge in [0.25, 0.3) is 0 Å². The molecule has 0 saturated carbocycles. The Morgan fingerprint density at radius 2 is 0.773 bits per heavy atom. The molecular formula is C102H94Cl7F3N14O2. The number of H-pyrrole nitrogens is 1. The summed E-state index contributed by atoms with van der Waals surface area (Å²) < 4.78 is 45.3. The first kappa shape index (κ1) is 94.0. The van der Waals surface area contributed by atoms with Gasteiger partial charge in [-0.25, -0.2) is 49.9 Å². The van der Waals surface area contributed by atoms with E-state index in [1.165, 1.54) is 38.9 Å². The molecule has 9 aliphatic heterocycles. The van der Waals surface area contributed by atoms with Crippen molar-refractivity contribution in [2.45, 2.75) is 154 Å². The minimum atomic E-state index is -0.587. The molecular weight excluding hydrogens is 1760 g/mol. The number of aromatic amines is 1. The fourth-order valence-corrected chi connectivity index (χ4v) is 17.3. The SMILES string of the molecule is C=C1C=C(O)c2cc(C3=C(Cl)N=C(C)C3)ccc2C1.CC1=C(Cl)N=C(c2ccc(C)nc2F)C1.CC1=C(F)N=C(c2ccc(C)nc2F)C1.CC1=NC(Cl)=C(c2ccc(C)cc2)C1.CC1=NC(Cl)=C(c2ccc(C)cc2)C1.CC1=NC(Cl)=C(c2ccc3c(N)c[nH]c3c2)C1.CC1=NC(Cl)=C(c2ccc3c(N)coc3c2)C1.CC1=NC(Cl)=C(c2ccc3c(c2)C(C)=NC3)C1. The highest BCUT2D eigenvalue weighted by molar-refractivity contribution is 6.38. The zero-order chi connectivity index (χ0) is 91.8. The molecule has 13 heterocycles. The summed E-state index contributed by atoms with van der Waals surface area (Å²) >= 11 is 42.4. The second-order valence-electron chi connectivity index (χ2n) is 32.6. The third-order valence-corrected chi connectivity index (χ3v) is 24.4. The lowest BCUT2D eigenvalue weighted by Crippen LogP contribution is -2.04. The van der Waals surface area contributed by atoms with Gasteiger partial charge in [-0.15, -0.1) is 0 Å². The number of pyridine rings is 2. The number of aromatic nitrogens is 3. The van der Waals surface area contributed by atoms with E-state index in [1.807, 2.05) is 97.0 Å². The minimum absolute atomic E-state index is 0.278. The molecule has 4 aromatic heterocycles. The summed E-state index contributed by atoms with van der Waals surface area (Å²) in [5.74, 6) is -1.30. The Morgan fingerprint density at radius 3 is 1.19 bits per heavy atom. The zero-order valence-corrected chi connectivity index (χ0v) is 78.4. The quantitative estimate of drug-likeness (QED) is 0.0852. The molecule has 1 aliphatic carbocycles.